The maximum Gasteiger partial charge on any atom is 0.295 e. The van der Waals surface area contributed by atoms with E-state index < -0.39 is 17.7 Å². The number of hydrogen-bond donors (Lipinski definition) is 1. The molecule has 2 saturated heterocycles. The molecule has 1 atom stereocenters. The lowest BCUT2D eigenvalue weighted by Crippen LogP contribution is -2.42. The van der Waals surface area contributed by atoms with Crippen molar-refractivity contribution < 1.29 is 28.9 Å². The molecular weight excluding hydrogens is 460 g/mol. The molecule has 1 N–H and O–H groups in total. The Kier molecular flexibility index (Phi) is 8.28. The molecule has 0 radical (unpaired) electrons. The van der Waals surface area contributed by atoms with Crippen LogP contribution in [0.3, 0.4) is 0 Å². The lowest BCUT2D eigenvalue weighted by molar-refractivity contribution is -0.140. The van der Waals surface area contributed by atoms with Crippen LogP contribution in [0.2, 0.25) is 0 Å². The first-order valence-corrected chi connectivity index (χ1v) is 12.4. The number of ketones is 1. The summed E-state index contributed by atoms with van der Waals surface area (Å²) in [5.41, 5.74) is 1.15. The third kappa shape index (κ3) is 5.55. The number of methoxy groups -OCH3 is 1. The van der Waals surface area contributed by atoms with Gasteiger partial charge in [0.1, 0.15) is 17.3 Å². The Morgan fingerprint density at radius 2 is 1.75 bits per heavy atom. The number of carbonyl (C=O) groups excluding carboxylic acids is 2. The molecule has 2 heterocycles. The van der Waals surface area contributed by atoms with Crippen LogP contribution in [0.1, 0.15) is 31.0 Å². The molecule has 0 spiro atoms. The van der Waals surface area contributed by atoms with E-state index in [0.717, 1.165) is 13.1 Å². The van der Waals surface area contributed by atoms with Crippen molar-refractivity contribution in [2.75, 3.05) is 53.1 Å². The molecule has 0 aromatic heterocycles. The van der Waals surface area contributed by atoms with Gasteiger partial charge in [0.05, 0.1) is 38.5 Å². The molecular formula is C28H34N2O6. The number of ether oxygens (including phenoxy) is 3. The van der Waals surface area contributed by atoms with Gasteiger partial charge in [0.2, 0.25) is 0 Å². The molecule has 2 fully saturated rings. The van der Waals surface area contributed by atoms with Crippen LogP contribution in [-0.2, 0) is 14.3 Å². The number of amides is 1. The van der Waals surface area contributed by atoms with Crippen LogP contribution in [-0.4, -0.2) is 79.7 Å². The second kappa shape index (κ2) is 11.6. The largest absolute Gasteiger partial charge is 0.507 e. The standard InChI is InChI=1S/C28H34N2O6/c1-19(2)18-36-21-10-8-20(9-11-21)26(31)24-25(22-6-4-5-7-23(22)34-3)30(28(33)27(24)32)13-12-29-14-16-35-17-15-29/h4-11,19,25,31H,12-18H2,1-3H3/t25-/m1/s1. The zero-order chi connectivity index (χ0) is 25.7. The van der Waals surface area contributed by atoms with Crippen molar-refractivity contribution in [2.24, 2.45) is 5.92 Å². The summed E-state index contributed by atoms with van der Waals surface area (Å²) in [7, 11) is 1.55. The van der Waals surface area contributed by atoms with Crippen LogP contribution in [0.5, 0.6) is 11.5 Å². The average Bonchev–Trinajstić information content (AvgIpc) is 3.16. The van der Waals surface area contributed by atoms with E-state index in [1.165, 1.54) is 0 Å². The second-order valence-corrected chi connectivity index (χ2v) is 9.42. The van der Waals surface area contributed by atoms with Crippen molar-refractivity contribution in [3.05, 3.63) is 65.2 Å². The second-order valence-electron chi connectivity index (χ2n) is 9.42. The molecule has 0 saturated carbocycles. The molecule has 2 aliphatic rings. The van der Waals surface area contributed by atoms with Gasteiger partial charge >= 0.3 is 0 Å². The Bertz CT molecular complexity index is 1110. The quantitative estimate of drug-likeness (QED) is 0.324. The summed E-state index contributed by atoms with van der Waals surface area (Å²) in [6.07, 6.45) is 0. The zero-order valence-corrected chi connectivity index (χ0v) is 21.1. The summed E-state index contributed by atoms with van der Waals surface area (Å²) < 4.78 is 16.7. The molecule has 2 aromatic rings. The topological polar surface area (TPSA) is 88.5 Å². The van der Waals surface area contributed by atoms with Gasteiger partial charge in [-0.25, -0.2) is 0 Å². The Balaban J connectivity index is 1.70. The molecule has 36 heavy (non-hydrogen) atoms. The fourth-order valence-electron chi connectivity index (χ4n) is 4.53. The van der Waals surface area contributed by atoms with Gasteiger partial charge in [-0.05, 0) is 36.2 Å². The molecule has 8 nitrogen and oxygen atoms in total. The predicted octanol–water partition coefficient (Wildman–Crippen LogP) is 3.48. The molecule has 0 aliphatic carbocycles. The highest BCUT2D eigenvalue weighted by molar-refractivity contribution is 6.46. The van der Waals surface area contributed by atoms with Crippen LogP contribution in [0.15, 0.2) is 54.1 Å². The maximum absolute atomic E-state index is 13.3. The first-order valence-electron chi connectivity index (χ1n) is 12.4. The minimum atomic E-state index is -0.765. The molecule has 2 aliphatic heterocycles. The Morgan fingerprint density at radius 3 is 2.42 bits per heavy atom. The van der Waals surface area contributed by atoms with E-state index in [1.54, 1.807) is 42.3 Å². The van der Waals surface area contributed by atoms with Crippen LogP contribution >= 0.6 is 0 Å². The number of nitrogens with zero attached hydrogens (tertiary/aromatic N) is 2. The molecule has 8 heteroatoms. The smallest absolute Gasteiger partial charge is 0.295 e. The minimum absolute atomic E-state index is 0.0577. The van der Waals surface area contributed by atoms with Gasteiger partial charge in [0.25, 0.3) is 11.7 Å². The Labute approximate surface area is 212 Å². The van der Waals surface area contributed by atoms with E-state index in [2.05, 4.69) is 18.7 Å². The van der Waals surface area contributed by atoms with Crippen molar-refractivity contribution in [2.45, 2.75) is 19.9 Å². The third-order valence-electron chi connectivity index (χ3n) is 6.45. The van der Waals surface area contributed by atoms with Crippen LogP contribution < -0.4 is 9.47 Å². The van der Waals surface area contributed by atoms with E-state index in [-0.39, 0.29) is 11.3 Å². The number of Topliss-reactive ketones (excluding diaryl/α,β-unsaturated/α-hetero) is 1. The molecule has 0 bridgehead atoms. The van der Waals surface area contributed by atoms with Gasteiger partial charge in [-0.1, -0.05) is 32.0 Å². The Hall–Kier alpha value is -3.36. The molecule has 4 rings (SSSR count). The van der Waals surface area contributed by atoms with E-state index >= 15 is 0 Å². The zero-order valence-electron chi connectivity index (χ0n) is 21.1. The summed E-state index contributed by atoms with van der Waals surface area (Å²) in [5, 5.41) is 11.3. The number of para-hydroxylation sites is 1. The fraction of sp³-hybridized carbons (Fsp3) is 0.429. The highest BCUT2D eigenvalue weighted by atomic mass is 16.5. The van der Waals surface area contributed by atoms with Gasteiger partial charge in [-0.3, -0.25) is 14.5 Å². The minimum Gasteiger partial charge on any atom is -0.507 e. The number of morpholine rings is 1. The summed E-state index contributed by atoms with van der Waals surface area (Å²) in [6, 6.07) is 13.4. The highest BCUT2D eigenvalue weighted by Gasteiger charge is 2.47. The molecule has 0 unspecified atom stereocenters. The van der Waals surface area contributed by atoms with E-state index in [4.69, 9.17) is 14.2 Å². The van der Waals surface area contributed by atoms with Crippen LogP contribution in [0.4, 0.5) is 0 Å². The summed E-state index contributed by atoms with van der Waals surface area (Å²) >= 11 is 0. The number of carbonyl (C=O) groups is 2. The van der Waals surface area contributed by atoms with Gasteiger partial charge in [0.15, 0.2) is 0 Å². The number of likely N-dealkylation sites (tertiary alicyclic amines) is 1. The monoisotopic (exact) mass is 494 g/mol. The number of aliphatic hydroxyl groups is 1. The van der Waals surface area contributed by atoms with Gasteiger partial charge in [-0.2, -0.15) is 0 Å². The first-order chi connectivity index (χ1) is 17.4. The lowest BCUT2D eigenvalue weighted by atomic mass is 9.94. The van der Waals surface area contributed by atoms with Crippen LogP contribution in [0.25, 0.3) is 5.76 Å². The van der Waals surface area contributed by atoms with Crippen LogP contribution in [0, 0.1) is 5.92 Å². The van der Waals surface area contributed by atoms with Gasteiger partial charge in [-0.15, -0.1) is 0 Å². The maximum atomic E-state index is 13.3. The SMILES string of the molecule is COc1ccccc1[C@@H]1C(=C(O)c2ccc(OCC(C)C)cc2)C(=O)C(=O)N1CCN1CCOCC1. The lowest BCUT2D eigenvalue weighted by Gasteiger charge is -2.31. The number of aliphatic hydroxyl groups excluding tert-OH is 1. The van der Waals surface area contributed by atoms with Crippen molar-refractivity contribution in [3.63, 3.8) is 0 Å². The number of benzene rings is 2. The summed E-state index contributed by atoms with van der Waals surface area (Å²) in [4.78, 5) is 30.3. The van der Waals surface area contributed by atoms with Gasteiger partial charge < -0.3 is 24.2 Å². The average molecular weight is 495 g/mol. The summed E-state index contributed by atoms with van der Waals surface area (Å²) in [5.74, 6) is 0.0561. The van der Waals surface area contributed by atoms with Gasteiger partial charge in [0, 0.05) is 37.3 Å². The summed E-state index contributed by atoms with van der Waals surface area (Å²) in [6.45, 7) is 8.48. The number of hydrogen-bond acceptors (Lipinski definition) is 7. The Morgan fingerprint density at radius 1 is 1.06 bits per heavy atom. The van der Waals surface area contributed by atoms with Crippen molar-refractivity contribution in [1.82, 2.24) is 9.80 Å². The van der Waals surface area contributed by atoms with Crippen molar-refractivity contribution in [3.8, 4) is 11.5 Å². The fourth-order valence-corrected chi connectivity index (χ4v) is 4.53. The highest BCUT2D eigenvalue weighted by Crippen LogP contribution is 2.42. The molecule has 2 aromatic carbocycles. The normalized spacial score (nSPS) is 20.2. The molecule has 1 amide bonds. The van der Waals surface area contributed by atoms with E-state index in [9.17, 15) is 14.7 Å². The molecule has 192 valence electrons. The third-order valence-corrected chi connectivity index (χ3v) is 6.45. The first kappa shape index (κ1) is 25.7. The van der Waals surface area contributed by atoms with Crippen molar-refractivity contribution in [1.29, 1.82) is 0 Å². The number of rotatable bonds is 9. The predicted molar refractivity (Wildman–Crippen MR) is 136 cm³/mol. The van der Waals surface area contributed by atoms with E-state index in [1.807, 2.05) is 18.2 Å². The van der Waals surface area contributed by atoms with E-state index in [0.29, 0.717) is 61.5 Å². The van der Waals surface area contributed by atoms with Crippen molar-refractivity contribution >= 4 is 17.4 Å².